The summed E-state index contributed by atoms with van der Waals surface area (Å²) in [6.07, 6.45) is 0.923. The number of ether oxygens (including phenoxy) is 1. The number of amides is 1. The van der Waals surface area contributed by atoms with Gasteiger partial charge in [0.05, 0.1) is 6.21 Å². The zero-order chi connectivity index (χ0) is 15.1. The van der Waals surface area contributed by atoms with Crippen LogP contribution in [0.25, 0.3) is 0 Å². The average Bonchev–Trinajstić information content (AvgIpc) is 2.50. The quantitative estimate of drug-likeness (QED) is 0.681. The molecule has 1 amide bonds. The van der Waals surface area contributed by atoms with Crippen LogP contribution in [-0.4, -0.2) is 18.2 Å². The van der Waals surface area contributed by atoms with Crippen LogP contribution >= 0.6 is 11.6 Å². The molecule has 1 atom stereocenters. The van der Waals surface area contributed by atoms with Crippen molar-refractivity contribution in [2.45, 2.75) is 13.0 Å². The van der Waals surface area contributed by atoms with Crippen LogP contribution in [0.15, 0.2) is 59.7 Å². The molecule has 0 radical (unpaired) electrons. The van der Waals surface area contributed by atoms with E-state index in [1.165, 1.54) is 0 Å². The summed E-state index contributed by atoms with van der Waals surface area (Å²) in [5, 5.41) is 4.51. The number of nitrogens with one attached hydrogen (secondary N) is 1. The summed E-state index contributed by atoms with van der Waals surface area (Å²) < 4.78 is 5.49. The number of hydrazone groups is 1. The van der Waals surface area contributed by atoms with E-state index < -0.39 is 6.10 Å². The number of hydrogen-bond donors (Lipinski definition) is 1. The Hall–Kier alpha value is -2.33. The topological polar surface area (TPSA) is 50.7 Å². The Balaban J connectivity index is 1.85. The van der Waals surface area contributed by atoms with Crippen molar-refractivity contribution < 1.29 is 9.53 Å². The fourth-order valence-electron chi connectivity index (χ4n) is 1.57. The van der Waals surface area contributed by atoms with Gasteiger partial charge in [0, 0.05) is 5.02 Å². The maximum atomic E-state index is 11.8. The van der Waals surface area contributed by atoms with Gasteiger partial charge in [0.2, 0.25) is 0 Å². The van der Waals surface area contributed by atoms with Gasteiger partial charge in [-0.25, -0.2) is 5.43 Å². The standard InChI is InChI=1S/C16H15ClN2O2/c1-12(21-15-9-7-14(17)8-10-15)16(20)19-18-11-13-5-3-2-4-6-13/h2-12H,1H3,(H,19,20)/b18-11-. The maximum Gasteiger partial charge on any atom is 0.280 e. The molecule has 0 spiro atoms. The number of benzene rings is 2. The zero-order valence-electron chi connectivity index (χ0n) is 11.5. The molecule has 1 unspecified atom stereocenters. The number of carbonyl (C=O) groups excluding carboxylic acids is 1. The highest BCUT2D eigenvalue weighted by Gasteiger charge is 2.13. The normalized spacial score (nSPS) is 12.1. The van der Waals surface area contributed by atoms with Crippen molar-refractivity contribution in [3.05, 3.63) is 65.2 Å². The predicted molar refractivity (Wildman–Crippen MR) is 83.7 cm³/mol. The first-order valence-electron chi connectivity index (χ1n) is 6.45. The van der Waals surface area contributed by atoms with Crippen molar-refractivity contribution in [3.8, 4) is 5.75 Å². The van der Waals surface area contributed by atoms with E-state index >= 15 is 0 Å². The van der Waals surface area contributed by atoms with E-state index in [0.717, 1.165) is 5.56 Å². The van der Waals surface area contributed by atoms with Gasteiger partial charge in [-0.15, -0.1) is 0 Å². The highest BCUT2D eigenvalue weighted by atomic mass is 35.5. The van der Waals surface area contributed by atoms with E-state index in [0.29, 0.717) is 10.8 Å². The third kappa shape index (κ3) is 4.93. The molecule has 2 aromatic carbocycles. The van der Waals surface area contributed by atoms with Gasteiger partial charge in [-0.2, -0.15) is 5.10 Å². The lowest BCUT2D eigenvalue weighted by molar-refractivity contribution is -0.127. The average molecular weight is 303 g/mol. The summed E-state index contributed by atoms with van der Waals surface area (Å²) >= 11 is 5.78. The largest absolute Gasteiger partial charge is 0.481 e. The Morgan fingerprint density at radius 1 is 1.19 bits per heavy atom. The monoisotopic (exact) mass is 302 g/mol. The Bertz CT molecular complexity index is 612. The molecular formula is C16H15ClN2O2. The smallest absolute Gasteiger partial charge is 0.280 e. The SMILES string of the molecule is CC(Oc1ccc(Cl)cc1)C(=O)N/N=C\c1ccccc1. The third-order valence-electron chi connectivity index (χ3n) is 2.68. The Labute approximate surface area is 128 Å². The van der Waals surface area contributed by atoms with E-state index in [-0.39, 0.29) is 5.91 Å². The minimum Gasteiger partial charge on any atom is -0.481 e. The molecule has 0 aliphatic carbocycles. The molecule has 0 fully saturated rings. The Morgan fingerprint density at radius 3 is 2.52 bits per heavy atom. The highest BCUT2D eigenvalue weighted by Crippen LogP contribution is 2.16. The van der Waals surface area contributed by atoms with E-state index in [4.69, 9.17) is 16.3 Å². The zero-order valence-corrected chi connectivity index (χ0v) is 12.2. The third-order valence-corrected chi connectivity index (χ3v) is 2.94. The molecule has 108 valence electrons. The van der Waals surface area contributed by atoms with Crippen LogP contribution in [-0.2, 0) is 4.79 Å². The fraction of sp³-hybridized carbons (Fsp3) is 0.125. The second-order valence-electron chi connectivity index (χ2n) is 4.36. The first-order valence-corrected chi connectivity index (χ1v) is 6.83. The fourth-order valence-corrected chi connectivity index (χ4v) is 1.70. The molecule has 0 aliphatic heterocycles. The van der Waals surface area contributed by atoms with Gasteiger partial charge >= 0.3 is 0 Å². The molecule has 0 heterocycles. The molecule has 5 heteroatoms. The number of halogens is 1. The summed E-state index contributed by atoms with van der Waals surface area (Å²) in [6, 6.07) is 16.3. The van der Waals surface area contributed by atoms with Crippen molar-refractivity contribution in [1.29, 1.82) is 0 Å². The molecule has 0 aromatic heterocycles. The predicted octanol–water partition coefficient (Wildman–Crippen LogP) is 3.26. The van der Waals surface area contributed by atoms with Crippen LogP contribution in [0, 0.1) is 0 Å². The lowest BCUT2D eigenvalue weighted by atomic mass is 10.2. The van der Waals surface area contributed by atoms with Crippen LogP contribution in [0.3, 0.4) is 0 Å². The summed E-state index contributed by atoms with van der Waals surface area (Å²) in [7, 11) is 0. The first-order chi connectivity index (χ1) is 10.1. The lowest BCUT2D eigenvalue weighted by Crippen LogP contribution is -2.33. The minimum atomic E-state index is -0.654. The van der Waals surface area contributed by atoms with Gasteiger partial charge in [0.25, 0.3) is 5.91 Å². The Morgan fingerprint density at radius 2 is 1.86 bits per heavy atom. The van der Waals surface area contributed by atoms with Crippen LogP contribution < -0.4 is 10.2 Å². The van der Waals surface area contributed by atoms with E-state index in [2.05, 4.69) is 10.5 Å². The molecule has 0 bridgehead atoms. The second-order valence-corrected chi connectivity index (χ2v) is 4.80. The first kappa shape index (κ1) is 15.1. The van der Waals surface area contributed by atoms with Gasteiger partial charge in [-0.3, -0.25) is 4.79 Å². The molecule has 1 N–H and O–H groups in total. The van der Waals surface area contributed by atoms with Crippen molar-refractivity contribution >= 4 is 23.7 Å². The number of hydrogen-bond acceptors (Lipinski definition) is 3. The van der Waals surface area contributed by atoms with Crippen LogP contribution in [0.5, 0.6) is 5.75 Å². The van der Waals surface area contributed by atoms with Crippen molar-refractivity contribution in [1.82, 2.24) is 5.43 Å². The van der Waals surface area contributed by atoms with E-state index in [1.807, 2.05) is 30.3 Å². The van der Waals surface area contributed by atoms with Crippen LogP contribution in [0.2, 0.25) is 5.02 Å². The van der Waals surface area contributed by atoms with Gasteiger partial charge < -0.3 is 4.74 Å². The minimum absolute atomic E-state index is 0.322. The van der Waals surface area contributed by atoms with Crippen molar-refractivity contribution in [2.75, 3.05) is 0 Å². The molecule has 21 heavy (non-hydrogen) atoms. The summed E-state index contributed by atoms with van der Waals surface area (Å²) in [6.45, 7) is 1.65. The lowest BCUT2D eigenvalue weighted by Gasteiger charge is -2.12. The molecule has 0 saturated carbocycles. The molecular weight excluding hydrogens is 288 g/mol. The number of rotatable bonds is 5. The van der Waals surface area contributed by atoms with Gasteiger partial charge in [-0.1, -0.05) is 41.9 Å². The van der Waals surface area contributed by atoms with Crippen molar-refractivity contribution in [2.24, 2.45) is 5.10 Å². The number of carbonyl (C=O) groups is 1. The number of nitrogens with zero attached hydrogens (tertiary/aromatic N) is 1. The summed E-state index contributed by atoms with van der Waals surface area (Å²) in [5.74, 6) is 0.256. The van der Waals surface area contributed by atoms with Gasteiger partial charge in [0.1, 0.15) is 5.75 Å². The van der Waals surface area contributed by atoms with Gasteiger partial charge in [0.15, 0.2) is 6.10 Å². The highest BCUT2D eigenvalue weighted by molar-refractivity contribution is 6.30. The summed E-state index contributed by atoms with van der Waals surface area (Å²) in [4.78, 5) is 11.8. The molecule has 2 rings (SSSR count). The Kier molecular flexibility index (Phi) is 5.35. The summed E-state index contributed by atoms with van der Waals surface area (Å²) in [5.41, 5.74) is 3.35. The van der Waals surface area contributed by atoms with E-state index in [1.54, 1.807) is 37.4 Å². The van der Waals surface area contributed by atoms with Crippen LogP contribution in [0.1, 0.15) is 12.5 Å². The maximum absolute atomic E-state index is 11.8. The second kappa shape index (κ2) is 7.45. The van der Waals surface area contributed by atoms with Crippen molar-refractivity contribution in [3.63, 3.8) is 0 Å². The van der Waals surface area contributed by atoms with E-state index in [9.17, 15) is 4.79 Å². The van der Waals surface area contributed by atoms with Crippen LogP contribution in [0.4, 0.5) is 0 Å². The van der Waals surface area contributed by atoms with Gasteiger partial charge in [-0.05, 0) is 36.8 Å². The molecule has 0 saturated heterocycles. The molecule has 4 nitrogen and oxygen atoms in total. The molecule has 0 aliphatic rings. The molecule has 2 aromatic rings.